The van der Waals surface area contributed by atoms with Gasteiger partial charge in [0.15, 0.2) is 0 Å². The molecule has 1 atom stereocenters. The van der Waals surface area contributed by atoms with Crippen LogP contribution in [-0.4, -0.2) is 23.1 Å². The number of nitrogens with two attached hydrogens (primary N) is 1. The van der Waals surface area contributed by atoms with Gasteiger partial charge >= 0.3 is 12.0 Å². The second-order valence-corrected chi connectivity index (χ2v) is 3.37. The van der Waals surface area contributed by atoms with Crippen LogP contribution in [0.1, 0.15) is 26.7 Å². The Balaban J connectivity index is 3.95. The summed E-state index contributed by atoms with van der Waals surface area (Å²) in [4.78, 5) is 21.0. The number of hydrogen-bond donors (Lipinski definition) is 3. The number of carboxylic acids is 1. The first-order valence-corrected chi connectivity index (χ1v) is 4.22. The van der Waals surface area contributed by atoms with Crippen LogP contribution in [0.15, 0.2) is 0 Å². The van der Waals surface area contributed by atoms with Crippen LogP contribution in [0.4, 0.5) is 4.79 Å². The Bertz CT molecular complexity index is 192. The highest BCUT2D eigenvalue weighted by Gasteiger charge is 2.18. The van der Waals surface area contributed by atoms with E-state index in [1.54, 1.807) is 0 Å². The zero-order chi connectivity index (χ0) is 10.4. The number of primary amides is 1. The maximum Gasteiger partial charge on any atom is 0.326 e. The maximum atomic E-state index is 10.6. The van der Waals surface area contributed by atoms with Gasteiger partial charge < -0.3 is 16.2 Å². The van der Waals surface area contributed by atoms with Crippen molar-refractivity contribution in [1.82, 2.24) is 5.32 Å². The molecule has 5 nitrogen and oxygen atoms in total. The van der Waals surface area contributed by atoms with Gasteiger partial charge in [-0.1, -0.05) is 13.8 Å². The highest BCUT2D eigenvalue weighted by molar-refractivity contribution is 5.81. The van der Waals surface area contributed by atoms with Crippen LogP contribution in [0.2, 0.25) is 0 Å². The number of carbonyl (C=O) groups excluding carboxylic acids is 1. The molecular formula is C8H16N2O3. The molecule has 0 bridgehead atoms. The lowest BCUT2D eigenvalue weighted by atomic mass is 10.0. The zero-order valence-electron chi connectivity index (χ0n) is 7.91. The average Bonchev–Trinajstić information content (AvgIpc) is 1.96. The van der Waals surface area contributed by atoms with Gasteiger partial charge in [0.05, 0.1) is 0 Å². The Morgan fingerprint density at radius 2 is 1.92 bits per heavy atom. The Morgan fingerprint density at radius 1 is 1.38 bits per heavy atom. The Morgan fingerprint density at radius 3 is 2.23 bits per heavy atom. The van der Waals surface area contributed by atoms with E-state index >= 15 is 0 Å². The van der Waals surface area contributed by atoms with Crippen LogP contribution in [0, 0.1) is 5.92 Å². The van der Waals surface area contributed by atoms with Crippen LogP contribution >= 0.6 is 0 Å². The highest BCUT2D eigenvalue weighted by atomic mass is 16.4. The minimum absolute atomic E-state index is 0.413. The van der Waals surface area contributed by atoms with Gasteiger partial charge in [0, 0.05) is 0 Å². The number of rotatable bonds is 5. The van der Waals surface area contributed by atoms with Gasteiger partial charge in [-0.2, -0.15) is 0 Å². The summed E-state index contributed by atoms with van der Waals surface area (Å²) in [6, 6.07) is -1.66. The summed E-state index contributed by atoms with van der Waals surface area (Å²) in [6.45, 7) is 3.98. The lowest BCUT2D eigenvalue weighted by Crippen LogP contribution is -2.43. The first kappa shape index (κ1) is 11.7. The van der Waals surface area contributed by atoms with Crippen molar-refractivity contribution in [1.29, 1.82) is 0 Å². The molecule has 0 rings (SSSR count). The van der Waals surface area contributed by atoms with Crippen molar-refractivity contribution < 1.29 is 14.7 Å². The van der Waals surface area contributed by atoms with Gasteiger partial charge in [-0.25, -0.2) is 9.59 Å². The molecule has 0 aromatic rings. The minimum Gasteiger partial charge on any atom is -0.480 e. The van der Waals surface area contributed by atoms with E-state index in [0.29, 0.717) is 12.3 Å². The van der Waals surface area contributed by atoms with Crippen molar-refractivity contribution in [2.24, 2.45) is 11.7 Å². The van der Waals surface area contributed by atoms with Crippen molar-refractivity contribution in [3.05, 3.63) is 0 Å². The summed E-state index contributed by atoms with van der Waals surface area (Å²) < 4.78 is 0. The molecule has 4 N–H and O–H groups in total. The van der Waals surface area contributed by atoms with Crippen LogP contribution in [-0.2, 0) is 4.79 Å². The van der Waals surface area contributed by atoms with E-state index in [9.17, 15) is 9.59 Å². The smallest absolute Gasteiger partial charge is 0.326 e. The van der Waals surface area contributed by atoms with Gasteiger partial charge in [0.2, 0.25) is 0 Å². The molecule has 0 fully saturated rings. The third-order valence-electron chi connectivity index (χ3n) is 1.65. The number of carbonyl (C=O) groups is 2. The third-order valence-corrected chi connectivity index (χ3v) is 1.65. The monoisotopic (exact) mass is 188 g/mol. The molecular weight excluding hydrogens is 172 g/mol. The van der Waals surface area contributed by atoms with Crippen LogP contribution in [0.3, 0.4) is 0 Å². The molecule has 0 spiro atoms. The molecule has 13 heavy (non-hydrogen) atoms. The Kier molecular flexibility index (Phi) is 4.87. The van der Waals surface area contributed by atoms with Gasteiger partial charge in [-0.05, 0) is 18.8 Å². The van der Waals surface area contributed by atoms with Crippen molar-refractivity contribution in [3.63, 3.8) is 0 Å². The Labute approximate surface area is 77.3 Å². The molecule has 5 heteroatoms. The summed E-state index contributed by atoms with van der Waals surface area (Å²) in [6.07, 6.45) is 1.16. The molecule has 2 amide bonds. The molecule has 0 aromatic heterocycles. The van der Waals surface area contributed by atoms with E-state index in [1.807, 2.05) is 13.8 Å². The van der Waals surface area contributed by atoms with E-state index in [4.69, 9.17) is 10.8 Å². The van der Waals surface area contributed by atoms with Crippen molar-refractivity contribution >= 4 is 12.0 Å². The number of amides is 2. The largest absolute Gasteiger partial charge is 0.480 e. The number of urea groups is 1. The molecule has 0 heterocycles. The molecule has 0 saturated heterocycles. The molecule has 0 unspecified atom stereocenters. The number of carboxylic acid groups (broad SMARTS) is 1. The summed E-state index contributed by atoms with van der Waals surface area (Å²) in [5.74, 6) is -0.629. The molecule has 76 valence electrons. The highest BCUT2D eigenvalue weighted by Crippen LogP contribution is 2.06. The molecule has 0 aromatic carbocycles. The zero-order valence-corrected chi connectivity index (χ0v) is 7.91. The van der Waals surface area contributed by atoms with Gasteiger partial charge in [-0.15, -0.1) is 0 Å². The summed E-state index contributed by atoms with van der Waals surface area (Å²) in [5, 5.41) is 10.8. The van der Waals surface area contributed by atoms with Gasteiger partial charge in [-0.3, -0.25) is 0 Å². The molecule has 0 aliphatic heterocycles. The third kappa shape index (κ3) is 5.95. The second-order valence-electron chi connectivity index (χ2n) is 3.37. The van der Waals surface area contributed by atoms with Crippen molar-refractivity contribution in [3.8, 4) is 0 Å². The van der Waals surface area contributed by atoms with Crippen molar-refractivity contribution in [2.45, 2.75) is 32.7 Å². The minimum atomic E-state index is -1.04. The predicted molar refractivity (Wildman–Crippen MR) is 48.2 cm³/mol. The van der Waals surface area contributed by atoms with E-state index in [1.165, 1.54) is 0 Å². The van der Waals surface area contributed by atoms with E-state index in [-0.39, 0.29) is 0 Å². The molecule has 0 aliphatic rings. The Hall–Kier alpha value is -1.26. The van der Waals surface area contributed by atoms with E-state index in [0.717, 1.165) is 6.42 Å². The predicted octanol–water partition coefficient (Wildman–Crippen LogP) is 0.544. The van der Waals surface area contributed by atoms with Crippen LogP contribution in [0.25, 0.3) is 0 Å². The lowest BCUT2D eigenvalue weighted by molar-refractivity contribution is -0.139. The summed E-state index contributed by atoms with van der Waals surface area (Å²) >= 11 is 0. The standard InChI is InChI=1S/C8H16N2O3/c1-5(2)3-4-6(7(11)12)10-8(9)13/h5-6H,3-4H2,1-2H3,(H,11,12)(H3,9,10,13)/t6-/m1/s1. The van der Waals surface area contributed by atoms with Crippen LogP contribution < -0.4 is 11.1 Å². The normalized spacial score (nSPS) is 12.5. The SMILES string of the molecule is CC(C)CC[C@@H](NC(N)=O)C(=O)O. The maximum absolute atomic E-state index is 10.6. The number of hydrogen-bond acceptors (Lipinski definition) is 2. The first-order valence-electron chi connectivity index (χ1n) is 4.22. The van der Waals surface area contributed by atoms with Gasteiger partial charge in [0.1, 0.15) is 6.04 Å². The summed E-state index contributed by atoms with van der Waals surface area (Å²) in [7, 11) is 0. The average molecular weight is 188 g/mol. The second kappa shape index (κ2) is 5.40. The molecule has 0 saturated carbocycles. The topological polar surface area (TPSA) is 92.4 Å². The fourth-order valence-corrected chi connectivity index (χ4v) is 0.929. The van der Waals surface area contributed by atoms with E-state index in [2.05, 4.69) is 5.32 Å². The van der Waals surface area contributed by atoms with Crippen LogP contribution in [0.5, 0.6) is 0 Å². The first-order chi connectivity index (χ1) is 5.93. The summed E-state index contributed by atoms with van der Waals surface area (Å²) in [5.41, 5.74) is 4.82. The number of nitrogens with one attached hydrogen (secondary N) is 1. The van der Waals surface area contributed by atoms with Gasteiger partial charge in [0.25, 0.3) is 0 Å². The van der Waals surface area contributed by atoms with Crippen molar-refractivity contribution in [2.75, 3.05) is 0 Å². The fraction of sp³-hybridized carbons (Fsp3) is 0.750. The fourth-order valence-electron chi connectivity index (χ4n) is 0.929. The number of aliphatic carboxylic acids is 1. The lowest BCUT2D eigenvalue weighted by Gasteiger charge is -2.13. The quantitative estimate of drug-likeness (QED) is 0.588. The molecule has 0 radical (unpaired) electrons. The molecule has 0 aliphatic carbocycles. The van der Waals surface area contributed by atoms with E-state index < -0.39 is 18.0 Å².